The minimum atomic E-state index is -4.94. The van der Waals surface area contributed by atoms with E-state index in [-0.39, 0.29) is 25.2 Å². The van der Waals surface area contributed by atoms with Crippen molar-refractivity contribution in [3.8, 4) is 39.5 Å². The van der Waals surface area contributed by atoms with E-state index in [2.05, 4.69) is 101 Å². The van der Waals surface area contributed by atoms with E-state index in [1.807, 2.05) is 66.7 Å². The van der Waals surface area contributed by atoms with Crippen LogP contribution in [-0.4, -0.2) is 49.0 Å². The van der Waals surface area contributed by atoms with Gasteiger partial charge in [0.1, 0.15) is 6.54 Å². The van der Waals surface area contributed by atoms with Crippen LogP contribution in [0.1, 0.15) is 36.0 Å². The molecule has 3 aromatic heterocycles. The molecule has 278 valence electrons. The number of rotatable bonds is 9. The zero-order valence-corrected chi connectivity index (χ0v) is 34.9. The summed E-state index contributed by atoms with van der Waals surface area (Å²) in [7, 11) is -6.50. The number of hydrogen-bond donors (Lipinski definition) is 1. The van der Waals surface area contributed by atoms with Gasteiger partial charge in [-0.15, -0.1) is 10.2 Å². The van der Waals surface area contributed by atoms with Gasteiger partial charge in [0.15, 0.2) is 6.21 Å². The third-order valence-electron chi connectivity index (χ3n) is 8.53. The Labute approximate surface area is 335 Å². The van der Waals surface area contributed by atoms with Crippen molar-refractivity contribution in [2.75, 3.05) is 6.54 Å². The summed E-state index contributed by atoms with van der Waals surface area (Å²) >= 11 is 0. The summed E-state index contributed by atoms with van der Waals surface area (Å²) in [5.41, 5.74) is 10.0. The molecule has 0 saturated heterocycles. The molecule has 0 saturated carbocycles. The van der Waals surface area contributed by atoms with Crippen LogP contribution in [0, 0.1) is 31.0 Å². The molecule has 0 amide bonds. The van der Waals surface area contributed by atoms with E-state index in [1.165, 1.54) is 0 Å². The zero-order chi connectivity index (χ0) is 38.7. The molecule has 0 aliphatic rings. The molecule has 7 aromatic rings. The summed E-state index contributed by atoms with van der Waals surface area (Å²) in [6.07, 6.45) is 2.84. The summed E-state index contributed by atoms with van der Waals surface area (Å²) < 4.78 is 40.3. The second kappa shape index (κ2) is 19.9. The Morgan fingerprint density at radius 3 is 1.24 bits per heavy atom. The monoisotopic (exact) mass is 809 g/mol. The number of hydrogen-bond acceptors (Lipinski definition) is 8. The fourth-order valence-electron chi connectivity index (χ4n) is 5.95. The normalized spacial score (nSPS) is 11.1. The van der Waals surface area contributed by atoms with Crippen LogP contribution in [0.15, 0.2) is 133 Å². The first-order chi connectivity index (χ1) is 25.9. The minimum absolute atomic E-state index is 0. The van der Waals surface area contributed by atoms with Crippen molar-refractivity contribution < 1.29 is 58.5 Å². The van der Waals surface area contributed by atoms with Crippen molar-refractivity contribution in [2.24, 2.45) is 0 Å². The molecule has 0 bridgehead atoms. The molecular weight excluding hydrogens is 770 g/mol. The summed E-state index contributed by atoms with van der Waals surface area (Å²) in [4.78, 5) is 3.07. The van der Waals surface area contributed by atoms with E-state index >= 15 is 0 Å². The maximum absolute atomic E-state index is 11.1. The van der Waals surface area contributed by atoms with Gasteiger partial charge in [0.2, 0.25) is 0 Å². The Bertz CT molecular complexity index is 2060. The van der Waals surface area contributed by atoms with E-state index in [9.17, 15) is 5.11 Å². The summed E-state index contributed by atoms with van der Waals surface area (Å²) in [5, 5.41) is 26.5. The number of aryl methyl sites for hydroxylation is 3. The average molecular weight is 811 g/mol. The van der Waals surface area contributed by atoms with Crippen LogP contribution >= 0.6 is 0 Å². The second-order valence-corrected chi connectivity index (χ2v) is 13.3. The van der Waals surface area contributed by atoms with Crippen molar-refractivity contribution in [1.29, 1.82) is 0 Å². The van der Waals surface area contributed by atoms with E-state index < -0.39 is 17.4 Å². The first-order valence-corrected chi connectivity index (χ1v) is 18.6. The molecule has 7 rings (SSSR count). The summed E-state index contributed by atoms with van der Waals surface area (Å²) in [5.74, 6) is 0.0705. The topological polar surface area (TPSA) is 183 Å². The first-order valence-electron chi connectivity index (χ1n) is 17.4. The van der Waals surface area contributed by atoms with Crippen molar-refractivity contribution in [1.82, 2.24) is 29.1 Å². The molecule has 1 N–H and O–H groups in total. The van der Waals surface area contributed by atoms with Gasteiger partial charge in [-0.05, 0) is 62.1 Å². The minimum Gasteiger partial charge on any atom is -0.872 e. The fraction of sp³-hybridized carbons (Fsp3) is 0.150. The SMILES string of the molecule is CCC[NH+]=Cc1ccccc1[O-].Cc1cc(-c2ccccc2)nn1[BH-](n1nc(-c2ccccc2)cc1C)n1nc(-c2ccccc2)cc1C.[O-][Cl+3]([O-])([O-])[O-].[Zn+2]. The van der Waals surface area contributed by atoms with E-state index in [1.54, 1.807) is 18.3 Å². The van der Waals surface area contributed by atoms with Crippen LogP contribution in [-0.2, 0) is 19.5 Å². The molecule has 4 aromatic carbocycles. The quantitative estimate of drug-likeness (QED) is 0.164. The Morgan fingerprint density at radius 1 is 0.582 bits per heavy atom. The smallest absolute Gasteiger partial charge is 0.872 e. The van der Waals surface area contributed by atoms with Crippen LogP contribution in [0.3, 0.4) is 0 Å². The third-order valence-corrected chi connectivity index (χ3v) is 8.53. The van der Waals surface area contributed by atoms with Crippen LogP contribution < -0.4 is 28.7 Å². The van der Waals surface area contributed by atoms with Crippen molar-refractivity contribution >= 4 is 13.3 Å². The van der Waals surface area contributed by atoms with E-state index in [4.69, 9.17) is 33.9 Å². The maximum atomic E-state index is 11.1. The largest absolute Gasteiger partial charge is 2.00 e. The van der Waals surface area contributed by atoms with Crippen LogP contribution in [0.4, 0.5) is 0 Å². The molecule has 0 aliphatic carbocycles. The predicted octanol–water partition coefficient (Wildman–Crippen LogP) is 0.775. The Balaban J connectivity index is 0.000000312. The van der Waals surface area contributed by atoms with Crippen LogP contribution in [0.2, 0.25) is 0 Å². The van der Waals surface area contributed by atoms with Gasteiger partial charge in [-0.25, -0.2) is 38.9 Å². The summed E-state index contributed by atoms with van der Waals surface area (Å²) in [6, 6.07) is 44.3. The van der Waals surface area contributed by atoms with E-state index in [0.29, 0.717) is 0 Å². The number of benzene rings is 4. The molecule has 3 heterocycles. The molecule has 12 nitrogen and oxygen atoms in total. The third kappa shape index (κ3) is 11.9. The second-order valence-electron chi connectivity index (χ2n) is 12.5. The fourth-order valence-corrected chi connectivity index (χ4v) is 5.95. The first kappa shape index (κ1) is 42.5. The number of nitrogens with one attached hydrogen (secondary N) is 1. The standard InChI is InChI=1S/C30H28BN6.C10H13NO.ClHO4.Zn/c1-22-19-28(25-13-7-4-8-14-25)32-35(22)31(36-23(2)20-29(33-36)26-15-9-5-10-16-26)37-24(3)21-30(34-37)27-17-11-6-12-18-27;1-2-7-11-8-9-5-3-4-6-10(9)12;2-1(3,4)5;/h4-21,31H,1-3H3;3-6,8,12H,2,7H2,1H3;(H,2,3,4,5);/q-1;;;+2/p-1. The van der Waals surface area contributed by atoms with Crippen molar-refractivity contribution in [2.45, 2.75) is 34.1 Å². The summed E-state index contributed by atoms with van der Waals surface area (Å²) in [6.45, 7) is 9.31. The zero-order valence-electron chi connectivity index (χ0n) is 31.2. The Kier molecular flexibility index (Phi) is 15.4. The number of aromatic nitrogens is 6. The van der Waals surface area contributed by atoms with Crippen molar-refractivity contribution in [3.05, 3.63) is 156 Å². The van der Waals surface area contributed by atoms with Crippen LogP contribution in [0.25, 0.3) is 33.8 Å². The molecular formula is C40H41BClN7O5Zn. The Morgan fingerprint density at radius 2 is 0.909 bits per heavy atom. The molecule has 0 radical (unpaired) electrons. The van der Waals surface area contributed by atoms with Gasteiger partial charge in [-0.1, -0.05) is 122 Å². The molecule has 0 unspecified atom stereocenters. The molecule has 0 spiro atoms. The molecule has 15 heteroatoms. The number of para-hydroxylation sites is 1. The van der Waals surface area contributed by atoms with Gasteiger partial charge in [0.05, 0.1) is 17.1 Å². The Hall–Kier alpha value is -5.20. The predicted molar refractivity (Wildman–Crippen MR) is 198 cm³/mol. The maximum Gasteiger partial charge on any atom is 2.00 e. The molecule has 0 atom stereocenters. The molecule has 55 heavy (non-hydrogen) atoms. The molecule has 0 aliphatic heterocycles. The van der Waals surface area contributed by atoms with Gasteiger partial charge in [-0.2, -0.15) is 0 Å². The average Bonchev–Trinajstić information content (AvgIpc) is 3.87. The van der Waals surface area contributed by atoms with Crippen molar-refractivity contribution in [3.63, 3.8) is 0 Å². The van der Waals surface area contributed by atoms with Crippen LogP contribution in [0.5, 0.6) is 5.75 Å². The van der Waals surface area contributed by atoms with Gasteiger partial charge >= 0.3 is 26.6 Å². The number of halogens is 1. The van der Waals surface area contributed by atoms with Gasteiger partial charge in [0.25, 0.3) is 0 Å². The van der Waals surface area contributed by atoms with Gasteiger partial charge < -0.3 is 18.9 Å². The van der Waals surface area contributed by atoms with Gasteiger partial charge in [-0.3, -0.25) is 0 Å². The molecule has 0 fully saturated rings. The number of nitrogens with zero attached hydrogens (tertiary/aromatic N) is 6. The van der Waals surface area contributed by atoms with E-state index in [0.717, 1.165) is 69.4 Å². The van der Waals surface area contributed by atoms with Gasteiger partial charge in [0, 0.05) is 28.7 Å².